The lowest BCUT2D eigenvalue weighted by Crippen LogP contribution is -2.27. The highest BCUT2D eigenvalue weighted by atomic mass is 16.5. The molecule has 0 bridgehead atoms. The van der Waals surface area contributed by atoms with Crippen molar-refractivity contribution < 1.29 is 14.3 Å². The van der Waals surface area contributed by atoms with Crippen molar-refractivity contribution in [3.8, 4) is 0 Å². The maximum Gasteiger partial charge on any atom is 0.305 e. The van der Waals surface area contributed by atoms with Crippen LogP contribution in [0.15, 0.2) is 59.6 Å². The Hall–Kier alpha value is -2.99. The standard InChI is InChI=1S/C16H14N2O.C8H17NO2/c1-18-14-10-6-5-9-13(14)16(17-11-15(18)19)12-7-3-2-4-8-12;1-2-11-8(10)6-4-3-5-7-9/h2-10H,11H2,1H3;2-7,9H2,1H3. The summed E-state index contributed by atoms with van der Waals surface area (Å²) in [5, 5.41) is 0. The fourth-order valence-corrected chi connectivity index (χ4v) is 3.11. The van der Waals surface area contributed by atoms with Gasteiger partial charge in [-0.15, -0.1) is 0 Å². The van der Waals surface area contributed by atoms with Crippen LogP contribution in [0.4, 0.5) is 5.69 Å². The summed E-state index contributed by atoms with van der Waals surface area (Å²) < 4.78 is 4.75. The van der Waals surface area contributed by atoms with Gasteiger partial charge in [-0.3, -0.25) is 14.6 Å². The van der Waals surface area contributed by atoms with E-state index in [1.165, 1.54) is 0 Å². The van der Waals surface area contributed by atoms with E-state index in [-0.39, 0.29) is 18.4 Å². The number of likely N-dealkylation sites (N-methyl/N-ethyl adjacent to an activating group) is 1. The van der Waals surface area contributed by atoms with Gasteiger partial charge in [-0.2, -0.15) is 0 Å². The summed E-state index contributed by atoms with van der Waals surface area (Å²) in [6.45, 7) is 3.20. The van der Waals surface area contributed by atoms with Gasteiger partial charge in [0.2, 0.25) is 5.91 Å². The highest BCUT2D eigenvalue weighted by molar-refractivity contribution is 6.19. The number of nitrogens with zero attached hydrogens (tertiary/aromatic N) is 2. The highest BCUT2D eigenvalue weighted by Crippen LogP contribution is 2.25. The molecular weight excluding hydrogens is 378 g/mol. The number of esters is 1. The molecule has 0 aliphatic carbocycles. The zero-order valence-electron chi connectivity index (χ0n) is 17.8. The van der Waals surface area contributed by atoms with Gasteiger partial charge in [0.25, 0.3) is 0 Å². The number of aliphatic imine (C=N–C) groups is 1. The monoisotopic (exact) mass is 409 g/mol. The number of benzene rings is 2. The normalized spacial score (nSPS) is 12.8. The molecule has 1 amide bonds. The molecule has 1 aliphatic heterocycles. The summed E-state index contributed by atoms with van der Waals surface area (Å²) in [5.41, 5.74) is 9.12. The molecule has 0 radical (unpaired) electrons. The maximum absolute atomic E-state index is 12.0. The van der Waals surface area contributed by atoms with Crippen molar-refractivity contribution in [2.45, 2.75) is 32.6 Å². The van der Waals surface area contributed by atoms with Crippen LogP contribution in [0.2, 0.25) is 0 Å². The van der Waals surface area contributed by atoms with Crippen LogP contribution in [-0.4, -0.2) is 44.3 Å². The van der Waals surface area contributed by atoms with Crippen molar-refractivity contribution in [2.75, 3.05) is 31.6 Å². The van der Waals surface area contributed by atoms with Crippen molar-refractivity contribution in [2.24, 2.45) is 10.7 Å². The number of benzodiazepines with no additional fused rings is 1. The Kier molecular flexibility index (Phi) is 9.74. The fourth-order valence-electron chi connectivity index (χ4n) is 3.11. The number of carbonyl (C=O) groups excluding carboxylic acids is 2. The van der Waals surface area contributed by atoms with Crippen LogP contribution in [-0.2, 0) is 14.3 Å². The average molecular weight is 410 g/mol. The third-order valence-corrected chi connectivity index (χ3v) is 4.70. The number of carbonyl (C=O) groups is 2. The number of ether oxygens (including phenoxy) is 1. The van der Waals surface area contributed by atoms with E-state index >= 15 is 0 Å². The van der Waals surface area contributed by atoms with E-state index < -0.39 is 0 Å². The average Bonchev–Trinajstić information content (AvgIpc) is 2.90. The van der Waals surface area contributed by atoms with Gasteiger partial charge >= 0.3 is 5.97 Å². The first kappa shape index (κ1) is 23.3. The first-order valence-electron chi connectivity index (χ1n) is 10.4. The van der Waals surface area contributed by atoms with Crippen LogP contribution < -0.4 is 10.6 Å². The number of anilines is 1. The summed E-state index contributed by atoms with van der Waals surface area (Å²) >= 11 is 0. The van der Waals surface area contributed by atoms with Gasteiger partial charge in [-0.1, -0.05) is 55.0 Å². The van der Waals surface area contributed by atoms with Crippen LogP contribution in [0.25, 0.3) is 0 Å². The summed E-state index contributed by atoms with van der Waals surface area (Å²) in [7, 11) is 1.80. The second-order valence-corrected chi connectivity index (χ2v) is 6.91. The predicted octanol–water partition coefficient (Wildman–Crippen LogP) is 3.57. The van der Waals surface area contributed by atoms with Crippen LogP contribution in [0.1, 0.15) is 43.7 Å². The summed E-state index contributed by atoms with van der Waals surface area (Å²) in [6.07, 6.45) is 3.46. The summed E-state index contributed by atoms with van der Waals surface area (Å²) in [5.74, 6) is -0.0806. The number of unbranched alkanes of at least 4 members (excludes halogenated alkanes) is 2. The molecule has 0 unspecified atom stereocenters. The van der Waals surface area contributed by atoms with Gasteiger partial charge in [0.1, 0.15) is 6.54 Å². The molecule has 6 heteroatoms. The highest BCUT2D eigenvalue weighted by Gasteiger charge is 2.21. The van der Waals surface area contributed by atoms with Gasteiger partial charge in [0.05, 0.1) is 18.0 Å². The Bertz CT molecular complexity index is 850. The molecule has 0 fully saturated rings. The molecule has 0 atom stereocenters. The topological polar surface area (TPSA) is 85.0 Å². The van der Waals surface area contributed by atoms with Crippen LogP contribution in [0, 0.1) is 0 Å². The van der Waals surface area contributed by atoms with E-state index in [0.29, 0.717) is 19.6 Å². The van der Waals surface area contributed by atoms with Gasteiger partial charge in [-0.25, -0.2) is 0 Å². The van der Waals surface area contributed by atoms with Crippen molar-refractivity contribution in [1.82, 2.24) is 0 Å². The van der Waals surface area contributed by atoms with Crippen molar-refractivity contribution in [3.05, 3.63) is 65.7 Å². The molecule has 1 aliphatic rings. The Balaban J connectivity index is 0.000000252. The van der Waals surface area contributed by atoms with Gasteiger partial charge in [-0.05, 0) is 32.4 Å². The second-order valence-electron chi connectivity index (χ2n) is 6.91. The second kappa shape index (κ2) is 12.5. The largest absolute Gasteiger partial charge is 0.466 e. The first-order valence-corrected chi connectivity index (χ1v) is 10.4. The predicted molar refractivity (Wildman–Crippen MR) is 121 cm³/mol. The number of rotatable bonds is 7. The number of amides is 1. The fraction of sp³-hybridized carbons (Fsp3) is 0.375. The van der Waals surface area contributed by atoms with Crippen molar-refractivity contribution in [1.29, 1.82) is 0 Å². The smallest absolute Gasteiger partial charge is 0.305 e. The van der Waals surface area contributed by atoms with Crippen molar-refractivity contribution in [3.63, 3.8) is 0 Å². The van der Waals surface area contributed by atoms with E-state index in [9.17, 15) is 9.59 Å². The van der Waals surface area contributed by atoms with E-state index in [0.717, 1.165) is 41.8 Å². The lowest BCUT2D eigenvalue weighted by Gasteiger charge is -2.17. The molecule has 30 heavy (non-hydrogen) atoms. The molecule has 2 aromatic rings. The van der Waals surface area contributed by atoms with Gasteiger partial charge < -0.3 is 15.4 Å². The van der Waals surface area contributed by atoms with Gasteiger partial charge in [0.15, 0.2) is 0 Å². The minimum atomic E-state index is -0.0930. The SMILES string of the molecule is CCOC(=O)CCCCCN.CN1C(=O)CN=C(c2ccccc2)c2ccccc21. The Morgan fingerprint density at radius 2 is 1.77 bits per heavy atom. The first-order chi connectivity index (χ1) is 14.6. The number of fused-ring (bicyclic) bond motifs is 1. The number of hydrogen-bond acceptors (Lipinski definition) is 5. The molecule has 160 valence electrons. The molecule has 1 heterocycles. The van der Waals surface area contributed by atoms with E-state index in [1.807, 2.05) is 61.5 Å². The minimum absolute atomic E-state index is 0.0124. The molecular formula is C24H31N3O3. The lowest BCUT2D eigenvalue weighted by atomic mass is 10.0. The molecule has 6 nitrogen and oxygen atoms in total. The molecule has 3 rings (SSSR count). The molecule has 0 aromatic heterocycles. The molecule has 0 spiro atoms. The number of nitrogens with two attached hydrogens (primary N) is 1. The molecule has 2 aromatic carbocycles. The molecule has 0 saturated heterocycles. The van der Waals surface area contributed by atoms with Crippen molar-refractivity contribution >= 4 is 23.3 Å². The summed E-state index contributed by atoms with van der Waals surface area (Å²) in [6, 6.07) is 17.9. The molecule has 0 saturated carbocycles. The van der Waals surface area contributed by atoms with E-state index in [2.05, 4.69) is 4.99 Å². The van der Waals surface area contributed by atoms with E-state index in [1.54, 1.807) is 11.9 Å². The maximum atomic E-state index is 12.0. The lowest BCUT2D eigenvalue weighted by molar-refractivity contribution is -0.143. The zero-order chi connectivity index (χ0) is 21.8. The number of para-hydroxylation sites is 1. The zero-order valence-corrected chi connectivity index (χ0v) is 17.8. The summed E-state index contributed by atoms with van der Waals surface area (Å²) in [4.78, 5) is 28.9. The van der Waals surface area contributed by atoms with Crippen LogP contribution in [0.5, 0.6) is 0 Å². The Morgan fingerprint density at radius 3 is 2.47 bits per heavy atom. The Labute approximate surface area is 178 Å². The number of hydrogen-bond donors (Lipinski definition) is 1. The third-order valence-electron chi connectivity index (χ3n) is 4.70. The van der Waals surface area contributed by atoms with Crippen LogP contribution >= 0.6 is 0 Å². The van der Waals surface area contributed by atoms with Crippen LogP contribution in [0.3, 0.4) is 0 Å². The quantitative estimate of drug-likeness (QED) is 0.560. The minimum Gasteiger partial charge on any atom is -0.466 e. The van der Waals surface area contributed by atoms with Gasteiger partial charge in [0, 0.05) is 24.6 Å². The Morgan fingerprint density at radius 1 is 1.07 bits per heavy atom. The molecule has 2 N–H and O–H groups in total. The van der Waals surface area contributed by atoms with E-state index in [4.69, 9.17) is 10.5 Å². The third kappa shape index (κ3) is 6.81.